The van der Waals surface area contributed by atoms with Gasteiger partial charge in [-0.25, -0.2) is 8.78 Å². The van der Waals surface area contributed by atoms with Crippen molar-refractivity contribution in [3.63, 3.8) is 0 Å². The number of allylic oxidation sites excluding steroid dienone is 1. The van der Waals surface area contributed by atoms with E-state index in [1.165, 1.54) is 48.6 Å². The van der Waals surface area contributed by atoms with Gasteiger partial charge >= 0.3 is 5.97 Å². The molecule has 0 unspecified atom stereocenters. The van der Waals surface area contributed by atoms with E-state index in [9.17, 15) is 18.4 Å². The number of ketones is 1. The molecule has 0 atom stereocenters. The van der Waals surface area contributed by atoms with Gasteiger partial charge in [0.2, 0.25) is 0 Å². The fraction of sp³-hybridized carbons (Fsp3) is 0.0588. The van der Waals surface area contributed by atoms with Gasteiger partial charge in [0.25, 0.3) is 0 Å². The molecule has 3 nitrogen and oxygen atoms in total. The summed E-state index contributed by atoms with van der Waals surface area (Å²) >= 11 is 0.848. The number of carbonyl (C=O) groups is 2. The molecule has 0 heterocycles. The van der Waals surface area contributed by atoms with Crippen LogP contribution in [0, 0.1) is 11.6 Å². The van der Waals surface area contributed by atoms with Crippen molar-refractivity contribution in [1.29, 1.82) is 0 Å². The third-order valence-corrected chi connectivity index (χ3v) is 3.90. The highest BCUT2D eigenvalue weighted by atomic mass is 32.2. The summed E-state index contributed by atoms with van der Waals surface area (Å²) in [5.74, 6) is -2.71. The van der Waals surface area contributed by atoms with Gasteiger partial charge < -0.3 is 5.11 Å². The van der Waals surface area contributed by atoms with Crippen molar-refractivity contribution in [3.05, 3.63) is 71.3 Å². The van der Waals surface area contributed by atoms with Gasteiger partial charge in [0.15, 0.2) is 5.78 Å². The molecule has 0 aromatic heterocycles. The minimum absolute atomic E-state index is 0.153. The molecule has 0 aliphatic carbocycles. The third kappa shape index (κ3) is 5.03. The van der Waals surface area contributed by atoms with Gasteiger partial charge in [0.05, 0.1) is 5.75 Å². The van der Waals surface area contributed by atoms with Gasteiger partial charge in [-0.1, -0.05) is 18.2 Å². The van der Waals surface area contributed by atoms with Crippen molar-refractivity contribution in [3.8, 4) is 0 Å². The predicted molar refractivity (Wildman–Crippen MR) is 84.5 cm³/mol. The molecule has 2 aromatic carbocycles. The summed E-state index contributed by atoms with van der Waals surface area (Å²) in [5.41, 5.74) is 0.800. The van der Waals surface area contributed by atoms with E-state index in [0.29, 0.717) is 5.56 Å². The maximum absolute atomic E-state index is 13.8. The molecule has 2 rings (SSSR count). The predicted octanol–water partition coefficient (Wildman–Crippen LogP) is 4.04. The Morgan fingerprint density at radius 1 is 1.09 bits per heavy atom. The first-order chi connectivity index (χ1) is 11.0. The van der Waals surface area contributed by atoms with E-state index in [2.05, 4.69) is 0 Å². The Labute approximate surface area is 135 Å². The van der Waals surface area contributed by atoms with E-state index < -0.39 is 17.6 Å². The molecule has 0 aliphatic heterocycles. The molecule has 118 valence electrons. The van der Waals surface area contributed by atoms with E-state index >= 15 is 0 Å². The number of carboxylic acid groups (broad SMARTS) is 1. The zero-order valence-electron chi connectivity index (χ0n) is 11.8. The Hall–Kier alpha value is -2.47. The maximum atomic E-state index is 13.8. The van der Waals surface area contributed by atoms with E-state index in [1.54, 1.807) is 0 Å². The minimum Gasteiger partial charge on any atom is -0.481 e. The molecule has 1 N–H and O–H groups in total. The van der Waals surface area contributed by atoms with E-state index in [0.717, 1.165) is 17.8 Å². The van der Waals surface area contributed by atoms with Crippen molar-refractivity contribution in [2.75, 3.05) is 5.75 Å². The first kappa shape index (κ1) is 16.9. The van der Waals surface area contributed by atoms with Crippen LogP contribution < -0.4 is 0 Å². The van der Waals surface area contributed by atoms with Crippen LogP contribution in [0.5, 0.6) is 0 Å². The standard InChI is InChI=1S/C17H12F2O3S/c18-13-5-1-11(2-6-13)3-7-15(20)12-4-8-16(14(19)9-12)23-10-17(21)22/h1-9H,10H2,(H,21,22)/b7-3+. The molecular weight excluding hydrogens is 322 g/mol. The van der Waals surface area contributed by atoms with Crippen molar-refractivity contribution in [2.24, 2.45) is 0 Å². The molecule has 0 saturated heterocycles. The summed E-state index contributed by atoms with van der Waals surface area (Å²) in [5, 5.41) is 8.57. The monoisotopic (exact) mass is 334 g/mol. The molecule has 0 spiro atoms. The van der Waals surface area contributed by atoms with Gasteiger partial charge in [0, 0.05) is 10.5 Å². The topological polar surface area (TPSA) is 54.4 Å². The normalized spacial score (nSPS) is 10.9. The van der Waals surface area contributed by atoms with Gasteiger partial charge in [0.1, 0.15) is 11.6 Å². The second-order valence-electron chi connectivity index (χ2n) is 4.58. The number of thioether (sulfide) groups is 1. The van der Waals surface area contributed by atoms with Gasteiger partial charge in [-0.2, -0.15) is 0 Å². The molecule has 6 heteroatoms. The molecule has 2 aromatic rings. The van der Waals surface area contributed by atoms with Crippen LogP contribution in [-0.4, -0.2) is 22.6 Å². The molecule has 0 saturated carbocycles. The summed E-state index contributed by atoms with van der Waals surface area (Å²) in [4.78, 5) is 22.6. The average molecular weight is 334 g/mol. The smallest absolute Gasteiger partial charge is 0.313 e. The van der Waals surface area contributed by atoms with Crippen molar-refractivity contribution in [2.45, 2.75) is 4.90 Å². The van der Waals surface area contributed by atoms with Crippen LogP contribution >= 0.6 is 11.8 Å². The number of carbonyl (C=O) groups excluding carboxylic acids is 1. The van der Waals surface area contributed by atoms with Crippen molar-refractivity contribution >= 4 is 29.6 Å². The Balaban J connectivity index is 2.08. The van der Waals surface area contributed by atoms with Gasteiger partial charge in [-0.3, -0.25) is 9.59 Å². The van der Waals surface area contributed by atoms with Crippen LogP contribution in [0.1, 0.15) is 15.9 Å². The van der Waals surface area contributed by atoms with Crippen LogP contribution in [-0.2, 0) is 4.79 Å². The lowest BCUT2D eigenvalue weighted by Crippen LogP contribution is -2.00. The minimum atomic E-state index is -1.04. The highest BCUT2D eigenvalue weighted by Crippen LogP contribution is 2.23. The molecule has 0 bridgehead atoms. The first-order valence-corrected chi connectivity index (χ1v) is 7.56. The van der Waals surface area contributed by atoms with Crippen LogP contribution in [0.15, 0.2) is 53.4 Å². The maximum Gasteiger partial charge on any atom is 0.313 e. The fourth-order valence-electron chi connectivity index (χ4n) is 1.75. The quantitative estimate of drug-likeness (QED) is 0.492. The molecule has 0 fully saturated rings. The Kier molecular flexibility index (Phi) is 5.65. The van der Waals surface area contributed by atoms with E-state index in [4.69, 9.17) is 5.11 Å². The van der Waals surface area contributed by atoms with Crippen LogP contribution in [0.2, 0.25) is 0 Å². The van der Waals surface area contributed by atoms with Crippen LogP contribution in [0.25, 0.3) is 6.08 Å². The zero-order chi connectivity index (χ0) is 16.8. The number of hydrogen-bond acceptors (Lipinski definition) is 3. The Morgan fingerprint density at radius 3 is 2.39 bits per heavy atom. The average Bonchev–Trinajstić information content (AvgIpc) is 2.52. The lowest BCUT2D eigenvalue weighted by Gasteiger charge is -2.03. The van der Waals surface area contributed by atoms with Crippen molar-refractivity contribution < 1.29 is 23.5 Å². The molecule has 23 heavy (non-hydrogen) atoms. The number of carboxylic acids is 1. The molecule has 0 aliphatic rings. The molecule has 0 amide bonds. The van der Waals surface area contributed by atoms with E-state index in [-0.39, 0.29) is 22.0 Å². The summed E-state index contributed by atoms with van der Waals surface area (Å²) < 4.78 is 26.6. The number of aliphatic carboxylic acids is 1. The van der Waals surface area contributed by atoms with Crippen molar-refractivity contribution in [1.82, 2.24) is 0 Å². The highest BCUT2D eigenvalue weighted by molar-refractivity contribution is 8.00. The lowest BCUT2D eigenvalue weighted by atomic mass is 10.1. The second kappa shape index (κ2) is 7.69. The Bertz CT molecular complexity index is 755. The first-order valence-electron chi connectivity index (χ1n) is 6.58. The summed E-state index contributed by atoms with van der Waals surface area (Å²) in [6, 6.07) is 9.47. The number of rotatable bonds is 6. The highest BCUT2D eigenvalue weighted by Gasteiger charge is 2.09. The van der Waals surface area contributed by atoms with Crippen LogP contribution in [0.3, 0.4) is 0 Å². The SMILES string of the molecule is O=C(O)CSc1ccc(C(=O)/C=C/c2ccc(F)cc2)cc1F. The summed E-state index contributed by atoms with van der Waals surface area (Å²) in [6.07, 6.45) is 2.78. The molecule has 0 radical (unpaired) electrons. The number of benzene rings is 2. The Morgan fingerprint density at radius 2 is 1.78 bits per heavy atom. The summed E-state index contributed by atoms with van der Waals surface area (Å²) in [6.45, 7) is 0. The second-order valence-corrected chi connectivity index (χ2v) is 5.59. The van der Waals surface area contributed by atoms with E-state index in [1.807, 2.05) is 0 Å². The zero-order valence-corrected chi connectivity index (χ0v) is 12.6. The van der Waals surface area contributed by atoms with Gasteiger partial charge in [-0.15, -0.1) is 11.8 Å². The number of hydrogen-bond donors (Lipinski definition) is 1. The fourth-order valence-corrected chi connectivity index (χ4v) is 2.39. The largest absolute Gasteiger partial charge is 0.481 e. The lowest BCUT2D eigenvalue weighted by molar-refractivity contribution is -0.133. The summed E-state index contributed by atoms with van der Waals surface area (Å²) in [7, 11) is 0. The third-order valence-electron chi connectivity index (χ3n) is 2.86. The molecular formula is C17H12F2O3S. The number of halogens is 2. The van der Waals surface area contributed by atoms with Gasteiger partial charge in [-0.05, 0) is 42.0 Å². The van der Waals surface area contributed by atoms with Crippen LogP contribution in [0.4, 0.5) is 8.78 Å².